The third-order valence-electron chi connectivity index (χ3n) is 0. The third-order valence-corrected chi connectivity index (χ3v) is 0. The van der Waals surface area contributed by atoms with Gasteiger partial charge < -0.3 is 274 Å². The summed E-state index contributed by atoms with van der Waals surface area (Å²) in [4.78, 5) is 0. The second kappa shape index (κ2) is 359000. The van der Waals surface area contributed by atoms with Gasteiger partial charge in [0, 0.05) is 0 Å². The predicted octanol–water partition coefficient (Wildman–Crippen LogP) is -47.2. The third kappa shape index (κ3) is 346000. The lowest BCUT2D eigenvalue weighted by Gasteiger charge is -0.413. The minimum Gasteiger partial charge on any atom is -0.412 e. The van der Waals surface area contributed by atoms with E-state index in [4.69, 9.17) is 0 Å². The van der Waals surface area contributed by atoms with Crippen LogP contribution in [0.1, 0.15) is 0 Å². The normalized spacial score (nSPS) is 0. The van der Waals surface area contributed by atoms with Crippen LogP contribution in [0.4, 0.5) is 0 Å². The smallest absolute Gasteiger partial charge is 0.187 e. The molecule has 0 rings (SSSR count). The molecule has 0 aromatic rings. The fraction of sp³-hybridized carbons (Fsp3) is 0. The molecule has 0 aromatic heterocycles. The summed E-state index contributed by atoms with van der Waals surface area (Å²) in [6.07, 6.45) is 0. The van der Waals surface area contributed by atoms with Gasteiger partial charge in [-0.15, -0.1) is 0 Å². The van der Waals surface area contributed by atoms with Crippen molar-refractivity contribution in [3.63, 3.8) is 0 Å². The Morgan fingerprint density at radius 3 is 0.0364 bits per heavy atom. The zero-order valence-electron chi connectivity index (χ0n) is 25.0. The Bertz CT molecular complexity index is 24.2. The summed E-state index contributed by atoms with van der Waals surface area (Å²) < 4.78 is 0. The van der Waals surface area contributed by atoms with Crippen molar-refractivity contribution in [3.8, 4) is 0 Å². The summed E-state index contributed by atoms with van der Waals surface area (Å²) >= 11 is 0. The van der Waals surface area contributed by atoms with E-state index in [-0.39, 0.29) is 361 Å². The van der Waals surface area contributed by atoms with Crippen molar-refractivity contribution in [2.45, 2.75) is 0 Å². The molecule has 0 bridgehead atoms. The minimum absolute atomic E-state index is 0. The standard InChI is InChI=1S/5Al.50H2O.15H/h;;;;;50*1H2;;;;;;;;;;;;;;;. The molecule has 0 aliphatic heterocycles. The van der Waals surface area contributed by atoms with E-state index in [9.17, 15) is 0 Å². The van der Waals surface area contributed by atoms with Gasteiger partial charge in [-0.25, -0.2) is 0 Å². The lowest BCUT2D eigenvalue weighted by Crippen LogP contribution is -0.382. The zero-order chi connectivity index (χ0) is 0. The van der Waals surface area contributed by atoms with E-state index in [1.807, 2.05) is 0 Å². The van der Waals surface area contributed by atoms with Crippen molar-refractivity contribution in [2.75, 3.05) is 0 Å². The van der Waals surface area contributed by atoms with Crippen molar-refractivity contribution in [2.24, 2.45) is 0 Å². The van der Waals surface area contributed by atoms with E-state index in [1.165, 1.54) is 0 Å². The molecule has 55 heteroatoms. The van der Waals surface area contributed by atoms with E-state index < -0.39 is 0 Å². The summed E-state index contributed by atoms with van der Waals surface area (Å²) in [6.45, 7) is 0. The van der Waals surface area contributed by atoms with Crippen molar-refractivity contribution >= 4 is 86.8 Å². The van der Waals surface area contributed by atoms with Gasteiger partial charge in [0.1, 0.15) is 0 Å². The van der Waals surface area contributed by atoms with Crippen LogP contribution >= 0.6 is 0 Å². The molecular formula is H115Al5O50. The Kier molecular flexibility index (Phi) is 2470000000. The Morgan fingerprint density at radius 2 is 0.0364 bits per heavy atom. The van der Waals surface area contributed by atoms with Crippen LogP contribution in [0.15, 0.2) is 0 Å². The molecule has 0 fully saturated rings. The van der Waals surface area contributed by atoms with Crippen LogP contribution < -0.4 is 0 Å². The van der Waals surface area contributed by atoms with E-state index >= 15 is 0 Å². The Labute approximate surface area is 360 Å². The Balaban J connectivity index is 0. The molecule has 0 aromatic carbocycles. The molecule has 0 atom stereocenters. The average molecular weight is 1050 g/mol. The van der Waals surface area contributed by atoms with Gasteiger partial charge in [-0.1, -0.05) is 0 Å². The van der Waals surface area contributed by atoms with Crippen LogP contribution in [0.5, 0.6) is 0 Å². The summed E-state index contributed by atoms with van der Waals surface area (Å²) in [5, 5.41) is 0. The molecule has 50 nitrogen and oxygen atoms in total. The second-order valence-corrected chi connectivity index (χ2v) is 0. The van der Waals surface area contributed by atoms with Crippen LogP contribution in [0.3, 0.4) is 0 Å². The molecule has 0 spiro atoms. The maximum Gasteiger partial charge on any atom is 0.187 e. The Morgan fingerprint density at radius 1 is 0.0364 bits per heavy atom. The van der Waals surface area contributed by atoms with E-state index in [1.54, 1.807) is 0 Å². The Hall–Kier alpha value is 0.662. The van der Waals surface area contributed by atoms with E-state index in [0.29, 0.717) is 0 Å². The van der Waals surface area contributed by atoms with Crippen LogP contribution in [0, 0.1) is 0 Å². The highest BCUT2D eigenvalue weighted by Gasteiger charge is 0.191. The quantitative estimate of drug-likeness (QED) is 0.204. The minimum atomic E-state index is 0. The highest BCUT2D eigenvalue weighted by atomic mass is 27.0. The first-order valence-corrected chi connectivity index (χ1v) is 0. The maximum atomic E-state index is 0. The first kappa shape index (κ1) is 379000. The monoisotopic (exact) mass is 1050 g/mol. The van der Waals surface area contributed by atoms with Gasteiger partial charge in [0.25, 0.3) is 0 Å². The molecule has 0 amide bonds. The lowest BCUT2D eigenvalue weighted by molar-refractivity contribution is 0.823. The van der Waals surface area contributed by atoms with Gasteiger partial charge in [-0.05, 0) is 0 Å². The van der Waals surface area contributed by atoms with Gasteiger partial charge in [0.15, 0.2) is 86.8 Å². The van der Waals surface area contributed by atoms with Gasteiger partial charge in [0.05, 0.1) is 0 Å². The summed E-state index contributed by atoms with van der Waals surface area (Å²) in [6, 6.07) is 0. The second-order valence-electron chi connectivity index (χ2n) is 0. The summed E-state index contributed by atoms with van der Waals surface area (Å²) in [7, 11) is 0. The van der Waals surface area contributed by atoms with Crippen LogP contribution in [-0.4, -0.2) is 361 Å². The summed E-state index contributed by atoms with van der Waals surface area (Å²) in [5.74, 6) is 0. The molecular weight excluding hydrogens is 935 g/mol. The molecule has 55 heavy (non-hydrogen) atoms. The predicted molar refractivity (Wildman–Crippen MR) is 230 cm³/mol. The van der Waals surface area contributed by atoms with E-state index in [0.717, 1.165) is 0 Å². The zero-order valence-corrected chi connectivity index (χ0v) is 25.0. The van der Waals surface area contributed by atoms with Gasteiger partial charge in [-0.3, -0.25) is 0 Å². The number of hydrogen-bond acceptors (Lipinski definition) is 0. The van der Waals surface area contributed by atoms with Crippen molar-refractivity contribution in [3.05, 3.63) is 0 Å². The van der Waals surface area contributed by atoms with E-state index in [2.05, 4.69) is 0 Å². The van der Waals surface area contributed by atoms with Crippen LogP contribution in [0.2, 0.25) is 0 Å². The fourth-order valence-corrected chi connectivity index (χ4v) is 0. The first-order chi connectivity index (χ1) is 0. The van der Waals surface area contributed by atoms with Crippen LogP contribution in [0.25, 0.3) is 0 Å². The molecule has 0 saturated carbocycles. The molecule has 0 radical (unpaired) electrons. The fourth-order valence-electron chi connectivity index (χ4n) is 0. The number of hydrogen-bond donors (Lipinski definition) is 0. The highest BCUT2D eigenvalue weighted by molar-refractivity contribution is 5.76. The molecule has 0 aliphatic carbocycles. The molecule has 0 heterocycles. The van der Waals surface area contributed by atoms with Crippen LogP contribution in [-0.2, 0) is 0 Å². The van der Waals surface area contributed by atoms with Gasteiger partial charge in [0.2, 0.25) is 0 Å². The van der Waals surface area contributed by atoms with Gasteiger partial charge >= 0.3 is 0 Å². The SMILES string of the molecule is O.O.O.O.O.O.O.O.O.O.O.O.O.O.O.O.O.O.O.O.O.O.O.O.O.O.O.O.O.O.O.O.O.O.O.O.O.O.O.O.O.O.O.O.O.O.O.O.O.O.[AlH3].[AlH3].[AlH3].[AlH3].[AlH3]. The molecule has 0 unspecified atom stereocenters. The number of rotatable bonds is 0. The summed E-state index contributed by atoms with van der Waals surface area (Å²) in [5.41, 5.74) is 0. The molecule has 0 saturated heterocycles. The first-order valence-electron chi connectivity index (χ1n) is 0. The molecule has 100 N–H and O–H groups in total. The lowest BCUT2D eigenvalue weighted by atomic mass is 16.0. The van der Waals surface area contributed by atoms with Gasteiger partial charge in [-0.2, -0.15) is 0 Å². The van der Waals surface area contributed by atoms with Crippen molar-refractivity contribution < 1.29 is 274 Å². The van der Waals surface area contributed by atoms with Crippen molar-refractivity contribution in [1.82, 2.24) is 0 Å². The molecule has 430 valence electrons. The maximum absolute atomic E-state index is 0. The topological polar surface area (TPSA) is 1580 Å². The molecule has 0 aliphatic rings. The highest BCUT2D eigenvalue weighted by Crippen LogP contribution is -0.238. The largest absolute Gasteiger partial charge is 0.412 e. The average Bonchev–Trinajstić information content (AvgIpc) is 0. The van der Waals surface area contributed by atoms with Crippen molar-refractivity contribution in [1.29, 1.82) is 0 Å².